The minimum absolute atomic E-state index is 0.0688. The standard InChI is InChI=1S/C11H12N2O4S/c14-9(15)4-3-8-10(16)13(11(18)12-8)6-7-2-1-5-17-7/h1-2,5,8H,3-4,6H2,(H,12,18)(H,14,15). The number of hydrogen-bond donors (Lipinski definition) is 2. The predicted molar refractivity (Wildman–Crippen MR) is 65.6 cm³/mol. The number of aliphatic carboxylic acids is 1. The number of rotatable bonds is 5. The van der Waals surface area contributed by atoms with Crippen molar-refractivity contribution in [1.82, 2.24) is 10.2 Å². The minimum Gasteiger partial charge on any atom is -0.481 e. The predicted octanol–water partition coefficient (Wildman–Crippen LogP) is 0.730. The van der Waals surface area contributed by atoms with Crippen LogP contribution in [0.15, 0.2) is 22.8 Å². The first kappa shape index (κ1) is 12.6. The van der Waals surface area contributed by atoms with Crippen molar-refractivity contribution >= 4 is 29.2 Å². The van der Waals surface area contributed by atoms with E-state index >= 15 is 0 Å². The third-order valence-electron chi connectivity index (χ3n) is 2.65. The van der Waals surface area contributed by atoms with Crippen LogP contribution in [0.4, 0.5) is 0 Å². The molecule has 1 unspecified atom stereocenters. The highest BCUT2D eigenvalue weighted by atomic mass is 32.1. The van der Waals surface area contributed by atoms with Gasteiger partial charge in [-0.2, -0.15) is 0 Å². The molecule has 2 rings (SSSR count). The van der Waals surface area contributed by atoms with E-state index in [2.05, 4.69) is 5.32 Å². The summed E-state index contributed by atoms with van der Waals surface area (Å²) in [7, 11) is 0. The SMILES string of the molecule is O=C(O)CCC1NC(=S)N(Cc2ccco2)C1=O. The first-order valence-corrected chi connectivity index (χ1v) is 5.85. The normalized spacial score (nSPS) is 19.1. The van der Waals surface area contributed by atoms with Gasteiger partial charge in [-0.25, -0.2) is 0 Å². The van der Waals surface area contributed by atoms with Gasteiger partial charge in [-0.05, 0) is 30.8 Å². The summed E-state index contributed by atoms with van der Waals surface area (Å²) >= 11 is 5.05. The molecule has 2 N–H and O–H groups in total. The van der Waals surface area contributed by atoms with Crippen molar-refractivity contribution in [3.8, 4) is 0 Å². The van der Waals surface area contributed by atoms with Gasteiger partial charge in [0.25, 0.3) is 5.91 Å². The highest BCUT2D eigenvalue weighted by Crippen LogP contribution is 2.15. The number of nitrogens with zero attached hydrogens (tertiary/aromatic N) is 1. The number of nitrogens with one attached hydrogen (secondary N) is 1. The van der Waals surface area contributed by atoms with Crippen LogP contribution < -0.4 is 5.32 Å². The first-order chi connectivity index (χ1) is 8.58. The summed E-state index contributed by atoms with van der Waals surface area (Å²) in [6.45, 7) is 0.265. The Morgan fingerprint density at radius 1 is 1.61 bits per heavy atom. The molecule has 7 heteroatoms. The van der Waals surface area contributed by atoms with Gasteiger partial charge in [-0.15, -0.1) is 0 Å². The molecule has 6 nitrogen and oxygen atoms in total. The van der Waals surface area contributed by atoms with Crippen molar-refractivity contribution < 1.29 is 19.1 Å². The molecule has 1 amide bonds. The molecule has 1 aromatic rings. The van der Waals surface area contributed by atoms with E-state index in [1.165, 1.54) is 11.2 Å². The molecule has 1 fully saturated rings. The molecular weight excluding hydrogens is 256 g/mol. The fourth-order valence-corrected chi connectivity index (χ4v) is 2.05. The van der Waals surface area contributed by atoms with Crippen molar-refractivity contribution in [3.05, 3.63) is 24.2 Å². The summed E-state index contributed by atoms with van der Waals surface area (Å²) in [4.78, 5) is 23.9. The Bertz CT molecular complexity index is 471. The van der Waals surface area contributed by atoms with Crippen LogP contribution in [0.5, 0.6) is 0 Å². The Morgan fingerprint density at radius 2 is 2.39 bits per heavy atom. The highest BCUT2D eigenvalue weighted by molar-refractivity contribution is 7.80. The van der Waals surface area contributed by atoms with Crippen LogP contribution in [0.25, 0.3) is 0 Å². The lowest BCUT2D eigenvalue weighted by atomic mass is 10.1. The summed E-state index contributed by atoms with van der Waals surface area (Å²) in [5.41, 5.74) is 0. The van der Waals surface area contributed by atoms with E-state index in [1.54, 1.807) is 12.1 Å². The molecule has 1 saturated heterocycles. The van der Waals surface area contributed by atoms with Crippen LogP contribution in [0.1, 0.15) is 18.6 Å². The average molecular weight is 268 g/mol. The number of thiocarbonyl (C=S) groups is 1. The summed E-state index contributed by atoms with van der Waals surface area (Å²) in [5, 5.41) is 11.7. The number of furan rings is 1. The lowest BCUT2D eigenvalue weighted by Crippen LogP contribution is -2.31. The molecule has 1 atom stereocenters. The molecule has 0 aromatic carbocycles. The molecule has 1 aliphatic heterocycles. The Labute approximate surface area is 109 Å². The van der Waals surface area contributed by atoms with Gasteiger partial charge in [0.15, 0.2) is 5.11 Å². The molecule has 2 heterocycles. The quantitative estimate of drug-likeness (QED) is 0.766. The van der Waals surface area contributed by atoms with Gasteiger partial charge in [0.1, 0.15) is 11.8 Å². The van der Waals surface area contributed by atoms with Crippen LogP contribution in [0.2, 0.25) is 0 Å². The van der Waals surface area contributed by atoms with Gasteiger partial charge in [0.05, 0.1) is 12.8 Å². The maximum absolute atomic E-state index is 12.0. The average Bonchev–Trinajstić information content (AvgIpc) is 2.90. The molecule has 0 radical (unpaired) electrons. The van der Waals surface area contributed by atoms with E-state index in [4.69, 9.17) is 21.7 Å². The number of carboxylic acid groups (broad SMARTS) is 1. The zero-order valence-corrected chi connectivity index (χ0v) is 10.3. The second-order valence-electron chi connectivity index (χ2n) is 3.94. The zero-order chi connectivity index (χ0) is 13.1. The van der Waals surface area contributed by atoms with Crippen molar-refractivity contribution in [2.24, 2.45) is 0 Å². The van der Waals surface area contributed by atoms with E-state index in [0.717, 1.165) is 0 Å². The molecule has 0 saturated carbocycles. The van der Waals surface area contributed by atoms with Crippen molar-refractivity contribution in [2.45, 2.75) is 25.4 Å². The summed E-state index contributed by atoms with van der Waals surface area (Å²) < 4.78 is 5.15. The van der Waals surface area contributed by atoms with Crippen LogP contribution in [0.3, 0.4) is 0 Å². The Kier molecular flexibility index (Phi) is 3.61. The third-order valence-corrected chi connectivity index (χ3v) is 2.99. The smallest absolute Gasteiger partial charge is 0.303 e. The van der Waals surface area contributed by atoms with Crippen molar-refractivity contribution in [2.75, 3.05) is 0 Å². The number of carbonyl (C=O) groups excluding carboxylic acids is 1. The Morgan fingerprint density at radius 3 is 3.00 bits per heavy atom. The molecule has 0 bridgehead atoms. The molecule has 96 valence electrons. The molecular formula is C11H12N2O4S. The van der Waals surface area contributed by atoms with Crippen LogP contribution >= 0.6 is 12.2 Å². The summed E-state index contributed by atoms with van der Waals surface area (Å²) in [6, 6.07) is 2.93. The number of carboxylic acids is 1. The van der Waals surface area contributed by atoms with Crippen molar-refractivity contribution in [3.63, 3.8) is 0 Å². The topological polar surface area (TPSA) is 82.8 Å². The second kappa shape index (κ2) is 5.18. The lowest BCUT2D eigenvalue weighted by Gasteiger charge is -2.12. The monoisotopic (exact) mass is 268 g/mol. The molecule has 18 heavy (non-hydrogen) atoms. The van der Waals surface area contributed by atoms with Gasteiger partial charge < -0.3 is 14.8 Å². The van der Waals surface area contributed by atoms with E-state index in [9.17, 15) is 9.59 Å². The Hall–Kier alpha value is -1.89. The first-order valence-electron chi connectivity index (χ1n) is 5.44. The van der Waals surface area contributed by atoms with Gasteiger partial charge in [0.2, 0.25) is 0 Å². The molecule has 0 spiro atoms. The van der Waals surface area contributed by atoms with E-state index in [-0.39, 0.29) is 25.3 Å². The maximum Gasteiger partial charge on any atom is 0.303 e. The van der Waals surface area contributed by atoms with Crippen LogP contribution in [-0.4, -0.2) is 33.0 Å². The molecule has 1 aromatic heterocycles. The molecule has 1 aliphatic rings. The minimum atomic E-state index is -0.931. The van der Waals surface area contributed by atoms with E-state index in [0.29, 0.717) is 10.9 Å². The fourth-order valence-electron chi connectivity index (χ4n) is 1.75. The zero-order valence-electron chi connectivity index (χ0n) is 9.46. The van der Waals surface area contributed by atoms with E-state index < -0.39 is 12.0 Å². The summed E-state index contributed by atoms with van der Waals surface area (Å²) in [6.07, 6.45) is 1.68. The highest BCUT2D eigenvalue weighted by Gasteiger charge is 2.35. The summed E-state index contributed by atoms with van der Waals surface area (Å²) in [5.74, 6) is -0.510. The Balaban J connectivity index is 1.98. The largest absolute Gasteiger partial charge is 0.481 e. The van der Waals surface area contributed by atoms with Crippen molar-refractivity contribution in [1.29, 1.82) is 0 Å². The van der Waals surface area contributed by atoms with Crippen LogP contribution in [-0.2, 0) is 16.1 Å². The van der Waals surface area contributed by atoms with Crippen LogP contribution in [0, 0.1) is 0 Å². The van der Waals surface area contributed by atoms with Gasteiger partial charge in [-0.3, -0.25) is 14.5 Å². The number of hydrogen-bond acceptors (Lipinski definition) is 4. The fraction of sp³-hybridized carbons (Fsp3) is 0.364. The van der Waals surface area contributed by atoms with Gasteiger partial charge in [-0.1, -0.05) is 0 Å². The number of carbonyl (C=O) groups is 2. The van der Waals surface area contributed by atoms with Gasteiger partial charge >= 0.3 is 5.97 Å². The van der Waals surface area contributed by atoms with Gasteiger partial charge in [0, 0.05) is 6.42 Å². The maximum atomic E-state index is 12.0. The lowest BCUT2D eigenvalue weighted by molar-refractivity contribution is -0.137. The molecule has 0 aliphatic carbocycles. The number of amides is 1. The third kappa shape index (κ3) is 2.67. The second-order valence-corrected chi connectivity index (χ2v) is 4.32. The van der Waals surface area contributed by atoms with E-state index in [1.807, 2.05) is 0 Å².